The minimum absolute atomic E-state index is 0.295. The maximum absolute atomic E-state index is 13.1. The number of methoxy groups -OCH3 is 1. The Morgan fingerprint density at radius 2 is 1.62 bits per heavy atom. The Kier molecular flexibility index (Phi) is 6.88. The largest absolute Gasteiger partial charge is 0.497 e. The second-order valence-electron chi connectivity index (χ2n) is 7.27. The minimum Gasteiger partial charge on any atom is -0.497 e. The molecule has 8 heteroatoms. The van der Waals surface area contributed by atoms with Crippen molar-refractivity contribution in [1.29, 1.82) is 0 Å². The first-order chi connectivity index (χ1) is 16.6. The van der Waals surface area contributed by atoms with Gasteiger partial charge < -0.3 is 9.47 Å². The molecule has 4 aromatic rings. The number of hydrazine groups is 1. The number of carbonyl (C=O) groups excluding carboxylic acids is 2. The van der Waals surface area contributed by atoms with Crippen LogP contribution in [0, 0.1) is 0 Å². The molecular formula is C26H24N4O4. The van der Waals surface area contributed by atoms with Gasteiger partial charge in [0.05, 0.1) is 25.0 Å². The van der Waals surface area contributed by atoms with Gasteiger partial charge in [-0.1, -0.05) is 30.3 Å². The molecule has 0 aliphatic rings. The van der Waals surface area contributed by atoms with Crippen molar-refractivity contribution in [1.82, 2.24) is 20.6 Å². The van der Waals surface area contributed by atoms with Crippen molar-refractivity contribution in [3.8, 4) is 28.4 Å². The molecule has 1 aromatic heterocycles. The summed E-state index contributed by atoms with van der Waals surface area (Å²) in [5, 5.41) is 4.63. The molecule has 8 nitrogen and oxygen atoms in total. The van der Waals surface area contributed by atoms with E-state index in [0.717, 1.165) is 5.69 Å². The zero-order valence-corrected chi connectivity index (χ0v) is 18.8. The first-order valence-corrected chi connectivity index (χ1v) is 10.7. The fourth-order valence-corrected chi connectivity index (χ4v) is 3.36. The lowest BCUT2D eigenvalue weighted by Gasteiger charge is -2.09. The Balaban J connectivity index is 1.58. The monoisotopic (exact) mass is 456 g/mol. The summed E-state index contributed by atoms with van der Waals surface area (Å²) < 4.78 is 12.3. The highest BCUT2D eigenvalue weighted by Crippen LogP contribution is 2.27. The van der Waals surface area contributed by atoms with Gasteiger partial charge >= 0.3 is 0 Å². The highest BCUT2D eigenvalue weighted by atomic mass is 16.5. The Morgan fingerprint density at radius 1 is 0.882 bits per heavy atom. The van der Waals surface area contributed by atoms with Crippen molar-refractivity contribution in [3.05, 3.63) is 96.2 Å². The van der Waals surface area contributed by atoms with E-state index in [1.54, 1.807) is 48.3 Å². The van der Waals surface area contributed by atoms with E-state index in [1.165, 1.54) is 0 Å². The van der Waals surface area contributed by atoms with Gasteiger partial charge in [-0.25, -0.2) is 4.68 Å². The van der Waals surface area contributed by atoms with Gasteiger partial charge in [0.25, 0.3) is 11.8 Å². The quantitative estimate of drug-likeness (QED) is 0.410. The molecule has 0 aliphatic heterocycles. The zero-order valence-electron chi connectivity index (χ0n) is 18.8. The van der Waals surface area contributed by atoms with Crippen molar-refractivity contribution in [2.45, 2.75) is 6.92 Å². The van der Waals surface area contributed by atoms with Gasteiger partial charge in [-0.2, -0.15) is 5.10 Å². The Bertz CT molecular complexity index is 1280. The van der Waals surface area contributed by atoms with Crippen LogP contribution in [0.2, 0.25) is 0 Å². The molecule has 3 aromatic carbocycles. The zero-order chi connectivity index (χ0) is 23.9. The molecule has 0 fully saturated rings. The highest BCUT2D eigenvalue weighted by molar-refractivity contribution is 6.02. The van der Waals surface area contributed by atoms with Crippen LogP contribution in [0.5, 0.6) is 11.5 Å². The number of amides is 2. The number of para-hydroxylation sites is 1. The molecule has 4 rings (SSSR count). The number of ether oxygens (including phenoxy) is 2. The summed E-state index contributed by atoms with van der Waals surface area (Å²) in [4.78, 5) is 25.6. The van der Waals surface area contributed by atoms with Gasteiger partial charge in [0, 0.05) is 17.3 Å². The minimum atomic E-state index is -0.501. The summed E-state index contributed by atoms with van der Waals surface area (Å²) in [7, 11) is 1.58. The molecule has 0 unspecified atom stereocenters. The Morgan fingerprint density at radius 3 is 2.32 bits per heavy atom. The summed E-state index contributed by atoms with van der Waals surface area (Å²) in [5.74, 6) is 0.357. The number of nitrogens with zero attached hydrogens (tertiary/aromatic N) is 2. The number of benzene rings is 3. The van der Waals surface area contributed by atoms with Gasteiger partial charge in [0.1, 0.15) is 17.2 Å². The van der Waals surface area contributed by atoms with Crippen LogP contribution in [0.1, 0.15) is 27.6 Å². The molecule has 0 aliphatic carbocycles. The maximum atomic E-state index is 13.1. The van der Waals surface area contributed by atoms with Gasteiger partial charge in [0.2, 0.25) is 0 Å². The molecule has 0 spiro atoms. The van der Waals surface area contributed by atoms with Gasteiger partial charge in [0.15, 0.2) is 0 Å². The van der Waals surface area contributed by atoms with E-state index in [4.69, 9.17) is 9.47 Å². The van der Waals surface area contributed by atoms with E-state index in [1.807, 2.05) is 55.5 Å². The summed E-state index contributed by atoms with van der Waals surface area (Å²) in [6.07, 6.45) is 1.63. The first-order valence-electron chi connectivity index (χ1n) is 10.7. The molecule has 34 heavy (non-hydrogen) atoms. The molecule has 1 heterocycles. The second kappa shape index (κ2) is 10.4. The van der Waals surface area contributed by atoms with Crippen molar-refractivity contribution < 1.29 is 19.1 Å². The molecule has 0 bridgehead atoms. The van der Waals surface area contributed by atoms with Crippen molar-refractivity contribution in [2.24, 2.45) is 0 Å². The average Bonchev–Trinajstić information content (AvgIpc) is 3.34. The normalized spacial score (nSPS) is 10.4. The third kappa shape index (κ3) is 5.07. The molecule has 2 N–H and O–H groups in total. The predicted molar refractivity (Wildman–Crippen MR) is 128 cm³/mol. The average molecular weight is 457 g/mol. The molecule has 172 valence electrons. The van der Waals surface area contributed by atoms with Crippen LogP contribution < -0.4 is 20.3 Å². The van der Waals surface area contributed by atoms with E-state index < -0.39 is 11.8 Å². The number of carbonyl (C=O) groups is 2. The van der Waals surface area contributed by atoms with Crippen LogP contribution >= 0.6 is 0 Å². The molecule has 0 saturated heterocycles. The SMILES string of the molecule is CCOc1ccc(C(=O)NNC(=O)c2cn(-c3ccccc3)nc2-c2cccc(OC)c2)cc1. The van der Waals surface area contributed by atoms with Crippen LogP contribution in [-0.2, 0) is 0 Å². The van der Waals surface area contributed by atoms with Gasteiger partial charge in [-0.3, -0.25) is 20.4 Å². The Labute approximate surface area is 197 Å². The van der Waals surface area contributed by atoms with E-state index >= 15 is 0 Å². The number of rotatable bonds is 7. The van der Waals surface area contributed by atoms with Crippen molar-refractivity contribution in [3.63, 3.8) is 0 Å². The summed E-state index contributed by atoms with van der Waals surface area (Å²) in [6.45, 7) is 2.42. The summed E-state index contributed by atoms with van der Waals surface area (Å²) in [6, 6.07) is 23.4. The summed E-state index contributed by atoms with van der Waals surface area (Å²) >= 11 is 0. The number of hydrogen-bond donors (Lipinski definition) is 2. The van der Waals surface area contributed by atoms with Crippen LogP contribution in [0.25, 0.3) is 16.9 Å². The van der Waals surface area contributed by atoms with Gasteiger partial charge in [-0.05, 0) is 55.5 Å². The number of aromatic nitrogens is 2. The topological polar surface area (TPSA) is 94.5 Å². The molecule has 0 radical (unpaired) electrons. The molecular weight excluding hydrogens is 432 g/mol. The number of hydrogen-bond acceptors (Lipinski definition) is 5. The van der Waals surface area contributed by atoms with Crippen molar-refractivity contribution in [2.75, 3.05) is 13.7 Å². The Hall–Kier alpha value is -4.59. The fraction of sp³-hybridized carbons (Fsp3) is 0.115. The van der Waals surface area contributed by atoms with E-state index in [0.29, 0.717) is 40.5 Å². The standard InChI is InChI=1S/C26H24N4O4/c1-3-34-21-14-12-18(13-15-21)25(31)27-28-26(32)23-17-30(20-9-5-4-6-10-20)29-24(23)19-8-7-11-22(16-19)33-2/h4-17H,3H2,1-2H3,(H,27,31)(H,28,32). The summed E-state index contributed by atoms with van der Waals surface area (Å²) in [5.41, 5.74) is 7.58. The predicted octanol–water partition coefficient (Wildman–Crippen LogP) is 4.02. The third-order valence-electron chi connectivity index (χ3n) is 5.04. The third-order valence-corrected chi connectivity index (χ3v) is 5.04. The van der Waals surface area contributed by atoms with E-state index in [2.05, 4.69) is 16.0 Å². The molecule has 0 atom stereocenters. The van der Waals surface area contributed by atoms with E-state index in [-0.39, 0.29) is 0 Å². The van der Waals surface area contributed by atoms with Crippen LogP contribution in [0.4, 0.5) is 0 Å². The van der Waals surface area contributed by atoms with Crippen LogP contribution in [-0.4, -0.2) is 35.3 Å². The molecule has 0 saturated carbocycles. The van der Waals surface area contributed by atoms with E-state index in [9.17, 15) is 9.59 Å². The number of nitrogens with one attached hydrogen (secondary N) is 2. The smallest absolute Gasteiger partial charge is 0.273 e. The maximum Gasteiger partial charge on any atom is 0.273 e. The second-order valence-corrected chi connectivity index (χ2v) is 7.27. The lowest BCUT2D eigenvalue weighted by atomic mass is 10.1. The van der Waals surface area contributed by atoms with Crippen LogP contribution in [0.3, 0.4) is 0 Å². The highest BCUT2D eigenvalue weighted by Gasteiger charge is 2.20. The van der Waals surface area contributed by atoms with Gasteiger partial charge in [-0.15, -0.1) is 0 Å². The van der Waals surface area contributed by atoms with Crippen LogP contribution in [0.15, 0.2) is 85.1 Å². The van der Waals surface area contributed by atoms with Crippen molar-refractivity contribution >= 4 is 11.8 Å². The fourth-order valence-electron chi connectivity index (χ4n) is 3.36. The first kappa shape index (κ1) is 22.6. The lowest BCUT2D eigenvalue weighted by molar-refractivity contribution is 0.0847. The lowest BCUT2D eigenvalue weighted by Crippen LogP contribution is -2.41. The molecule has 2 amide bonds.